The van der Waals surface area contributed by atoms with E-state index in [2.05, 4.69) is 5.32 Å². The van der Waals surface area contributed by atoms with Crippen LogP contribution in [0, 0.1) is 5.82 Å². The van der Waals surface area contributed by atoms with Gasteiger partial charge in [0.05, 0.1) is 18.7 Å². The van der Waals surface area contributed by atoms with Gasteiger partial charge in [0.1, 0.15) is 5.82 Å². The maximum atomic E-state index is 13.3. The molecule has 1 amide bonds. The largest absolute Gasteiger partial charge is 0.399 e. The Morgan fingerprint density at radius 3 is 2.67 bits per heavy atom. The van der Waals surface area contributed by atoms with Gasteiger partial charge < -0.3 is 15.8 Å². The van der Waals surface area contributed by atoms with Crippen LogP contribution in [0.5, 0.6) is 0 Å². The van der Waals surface area contributed by atoms with Gasteiger partial charge in [-0.25, -0.2) is 4.39 Å². The fourth-order valence-electron chi connectivity index (χ4n) is 1.49. The van der Waals surface area contributed by atoms with Crippen LogP contribution in [-0.2, 0) is 9.53 Å². The average Bonchev–Trinajstić information content (AvgIpc) is 2.37. The highest BCUT2D eigenvalue weighted by Gasteiger charge is 2.25. The Hall–Kier alpha value is -1.83. The Balaban J connectivity index is 2.21. The number of rotatable bonds is 7. The number of ether oxygens (including phenoxy) is 1. The molecule has 0 spiro atoms. The first kappa shape index (κ1) is 17.2. The number of halogens is 4. The molecule has 1 aromatic carbocycles. The predicted molar refractivity (Wildman–Crippen MR) is 70.2 cm³/mol. The van der Waals surface area contributed by atoms with Gasteiger partial charge in [-0.1, -0.05) is 0 Å². The van der Waals surface area contributed by atoms with Crippen LogP contribution in [-0.4, -0.2) is 25.3 Å². The number of benzene rings is 1. The highest BCUT2D eigenvalue weighted by atomic mass is 19.4. The summed E-state index contributed by atoms with van der Waals surface area (Å²) in [5.74, 6) is -1.13. The molecule has 8 heteroatoms. The molecule has 0 aliphatic carbocycles. The maximum Gasteiger partial charge on any atom is 0.389 e. The third-order valence-corrected chi connectivity index (χ3v) is 2.49. The van der Waals surface area contributed by atoms with Gasteiger partial charge in [0, 0.05) is 18.7 Å². The zero-order chi connectivity index (χ0) is 15.9. The maximum absolute atomic E-state index is 13.3. The van der Waals surface area contributed by atoms with Gasteiger partial charge in [-0.05, 0) is 24.6 Å². The Labute approximate surface area is 119 Å². The van der Waals surface area contributed by atoms with Gasteiger partial charge in [-0.15, -0.1) is 0 Å². The standard InChI is InChI=1S/C13H16F4N2O2/c14-10-3-2-9(18)8-11(10)19-12(20)4-7-21-6-1-5-13(15,16)17/h2-3,8H,1,4-7,18H2,(H,19,20). The molecule has 0 radical (unpaired) electrons. The van der Waals surface area contributed by atoms with Crippen LogP contribution in [0.4, 0.5) is 28.9 Å². The lowest BCUT2D eigenvalue weighted by atomic mass is 10.2. The normalized spacial score (nSPS) is 11.4. The molecule has 0 aliphatic heterocycles. The van der Waals surface area contributed by atoms with Gasteiger partial charge in [-0.3, -0.25) is 4.79 Å². The van der Waals surface area contributed by atoms with Gasteiger partial charge in [-0.2, -0.15) is 13.2 Å². The van der Waals surface area contributed by atoms with Crippen molar-refractivity contribution >= 4 is 17.3 Å². The number of carbonyl (C=O) groups is 1. The van der Waals surface area contributed by atoms with E-state index < -0.39 is 24.3 Å². The molecule has 0 aliphatic rings. The molecule has 118 valence electrons. The van der Waals surface area contributed by atoms with E-state index in [0.29, 0.717) is 5.69 Å². The van der Waals surface area contributed by atoms with E-state index in [9.17, 15) is 22.4 Å². The first-order valence-electron chi connectivity index (χ1n) is 6.27. The predicted octanol–water partition coefficient (Wildman–Crippen LogP) is 3.10. The average molecular weight is 308 g/mol. The minimum Gasteiger partial charge on any atom is -0.399 e. The summed E-state index contributed by atoms with van der Waals surface area (Å²) in [6.07, 6.45) is -5.37. The molecular formula is C13H16F4N2O2. The van der Waals surface area contributed by atoms with Gasteiger partial charge in [0.25, 0.3) is 0 Å². The van der Waals surface area contributed by atoms with Crippen LogP contribution < -0.4 is 11.1 Å². The van der Waals surface area contributed by atoms with E-state index in [1.807, 2.05) is 0 Å². The number of amides is 1. The monoisotopic (exact) mass is 308 g/mol. The second-order valence-corrected chi connectivity index (χ2v) is 4.37. The highest BCUT2D eigenvalue weighted by Crippen LogP contribution is 2.21. The molecule has 0 saturated carbocycles. The summed E-state index contributed by atoms with van der Waals surface area (Å²) in [7, 11) is 0. The van der Waals surface area contributed by atoms with Gasteiger partial charge >= 0.3 is 6.18 Å². The second-order valence-electron chi connectivity index (χ2n) is 4.37. The smallest absolute Gasteiger partial charge is 0.389 e. The lowest BCUT2D eigenvalue weighted by Crippen LogP contribution is -2.16. The van der Waals surface area contributed by atoms with Crippen LogP contribution in [0.15, 0.2) is 18.2 Å². The van der Waals surface area contributed by atoms with Crippen molar-refractivity contribution in [1.29, 1.82) is 0 Å². The second kappa shape index (κ2) is 7.82. The van der Waals surface area contributed by atoms with Crippen molar-refractivity contribution in [3.63, 3.8) is 0 Å². The highest BCUT2D eigenvalue weighted by molar-refractivity contribution is 5.91. The fraction of sp³-hybridized carbons (Fsp3) is 0.462. The number of hydrogen-bond donors (Lipinski definition) is 2. The SMILES string of the molecule is Nc1ccc(F)c(NC(=O)CCOCCCC(F)(F)F)c1. The summed E-state index contributed by atoms with van der Waals surface area (Å²) >= 11 is 0. The molecule has 0 fully saturated rings. The number of alkyl halides is 3. The number of anilines is 2. The molecule has 1 aromatic rings. The molecule has 21 heavy (non-hydrogen) atoms. The first-order chi connectivity index (χ1) is 9.78. The summed E-state index contributed by atoms with van der Waals surface area (Å²) < 4.78 is 53.8. The lowest BCUT2D eigenvalue weighted by Gasteiger charge is -2.08. The number of carbonyl (C=O) groups excluding carboxylic acids is 1. The van der Waals surface area contributed by atoms with Crippen molar-refractivity contribution in [3.05, 3.63) is 24.0 Å². The minimum atomic E-state index is -4.20. The molecule has 3 N–H and O–H groups in total. The summed E-state index contributed by atoms with van der Waals surface area (Å²) in [4.78, 5) is 11.5. The minimum absolute atomic E-state index is 0.0341. The topological polar surface area (TPSA) is 64.3 Å². The zero-order valence-corrected chi connectivity index (χ0v) is 11.2. The van der Waals surface area contributed by atoms with Crippen molar-refractivity contribution in [2.45, 2.75) is 25.4 Å². The van der Waals surface area contributed by atoms with Crippen LogP contribution >= 0.6 is 0 Å². The van der Waals surface area contributed by atoms with Crippen LogP contribution in [0.1, 0.15) is 19.3 Å². The Kier molecular flexibility index (Phi) is 6.41. The lowest BCUT2D eigenvalue weighted by molar-refractivity contribution is -0.138. The number of hydrogen-bond acceptors (Lipinski definition) is 3. The van der Waals surface area contributed by atoms with Gasteiger partial charge in [0.15, 0.2) is 0 Å². The summed E-state index contributed by atoms with van der Waals surface area (Å²) in [5, 5.41) is 2.31. The molecule has 0 saturated heterocycles. The number of nitrogens with one attached hydrogen (secondary N) is 1. The van der Waals surface area contributed by atoms with Gasteiger partial charge in [0.2, 0.25) is 5.91 Å². The Morgan fingerprint density at radius 1 is 1.29 bits per heavy atom. The van der Waals surface area contributed by atoms with E-state index in [0.717, 1.165) is 6.07 Å². The fourth-order valence-corrected chi connectivity index (χ4v) is 1.49. The van der Waals surface area contributed by atoms with Crippen LogP contribution in [0.25, 0.3) is 0 Å². The van der Waals surface area contributed by atoms with Crippen LogP contribution in [0.2, 0.25) is 0 Å². The number of nitrogens with two attached hydrogens (primary N) is 1. The zero-order valence-electron chi connectivity index (χ0n) is 11.2. The first-order valence-corrected chi connectivity index (χ1v) is 6.27. The summed E-state index contributed by atoms with van der Waals surface area (Å²) in [5.41, 5.74) is 5.72. The summed E-state index contributed by atoms with van der Waals surface area (Å²) in [6, 6.07) is 3.75. The van der Waals surface area contributed by atoms with E-state index in [4.69, 9.17) is 10.5 Å². The molecular weight excluding hydrogens is 292 g/mol. The third-order valence-electron chi connectivity index (χ3n) is 2.49. The Morgan fingerprint density at radius 2 is 2.00 bits per heavy atom. The molecule has 0 atom stereocenters. The molecule has 0 heterocycles. The number of nitrogen functional groups attached to an aromatic ring is 1. The van der Waals surface area contributed by atoms with Crippen molar-refractivity contribution < 1.29 is 27.1 Å². The Bertz CT molecular complexity index is 478. The summed E-state index contributed by atoms with van der Waals surface area (Å²) in [6.45, 7) is -0.118. The quantitative estimate of drug-likeness (QED) is 0.462. The molecule has 4 nitrogen and oxygen atoms in total. The van der Waals surface area contributed by atoms with E-state index >= 15 is 0 Å². The van der Waals surface area contributed by atoms with Crippen LogP contribution in [0.3, 0.4) is 0 Å². The van der Waals surface area contributed by atoms with E-state index in [1.165, 1.54) is 12.1 Å². The van der Waals surface area contributed by atoms with Crippen molar-refractivity contribution in [2.24, 2.45) is 0 Å². The van der Waals surface area contributed by atoms with E-state index in [1.54, 1.807) is 0 Å². The molecule has 0 bridgehead atoms. The van der Waals surface area contributed by atoms with E-state index in [-0.39, 0.29) is 31.7 Å². The van der Waals surface area contributed by atoms with Crippen molar-refractivity contribution in [2.75, 3.05) is 24.3 Å². The molecule has 0 unspecified atom stereocenters. The third kappa shape index (κ3) is 7.50. The van der Waals surface area contributed by atoms with Crippen molar-refractivity contribution in [1.82, 2.24) is 0 Å². The molecule has 1 rings (SSSR count). The van der Waals surface area contributed by atoms with Crippen molar-refractivity contribution in [3.8, 4) is 0 Å². The molecule has 0 aromatic heterocycles.